The molecule has 35 heavy (non-hydrogen) atoms. The number of aryl methyl sites for hydroxylation is 1. The first-order valence-corrected chi connectivity index (χ1v) is 11.7. The van der Waals surface area contributed by atoms with Gasteiger partial charge >= 0.3 is 0 Å². The van der Waals surface area contributed by atoms with Crippen molar-refractivity contribution >= 4 is 56.4 Å². The number of nitro groups is 1. The molecule has 0 aliphatic rings. The van der Waals surface area contributed by atoms with E-state index in [1.54, 1.807) is 16.8 Å². The monoisotopic (exact) mass is 578 g/mol. The van der Waals surface area contributed by atoms with Gasteiger partial charge in [0.25, 0.3) is 11.6 Å². The summed E-state index contributed by atoms with van der Waals surface area (Å²) < 4.78 is 14.0. The Kier molecular flexibility index (Phi) is 7.15. The second-order valence-corrected chi connectivity index (χ2v) is 9.15. The molecule has 0 bridgehead atoms. The number of ether oxygens (including phenoxy) is 1. The van der Waals surface area contributed by atoms with Crippen LogP contribution in [0.4, 0.5) is 11.4 Å². The van der Waals surface area contributed by atoms with Crippen molar-refractivity contribution in [1.29, 1.82) is 0 Å². The number of rotatable bonds is 7. The van der Waals surface area contributed by atoms with E-state index in [1.165, 1.54) is 36.4 Å². The van der Waals surface area contributed by atoms with Gasteiger partial charge in [-0.1, -0.05) is 23.2 Å². The van der Waals surface area contributed by atoms with E-state index < -0.39 is 10.8 Å². The molecule has 180 valence electrons. The third kappa shape index (κ3) is 5.67. The zero-order valence-electron chi connectivity index (χ0n) is 18.3. The molecule has 4 aromatic rings. The number of anilines is 1. The van der Waals surface area contributed by atoms with Crippen LogP contribution in [-0.4, -0.2) is 20.6 Å². The number of nitrogens with one attached hydrogen (secondary N) is 1. The number of carbonyl (C=O) groups is 1. The van der Waals surface area contributed by atoms with E-state index in [9.17, 15) is 14.9 Å². The van der Waals surface area contributed by atoms with E-state index in [-0.39, 0.29) is 33.7 Å². The number of aromatic nitrogens is 2. The average molecular weight is 580 g/mol. The van der Waals surface area contributed by atoms with Gasteiger partial charge in [0.05, 0.1) is 44.1 Å². The normalized spacial score (nSPS) is 10.9. The molecule has 2 heterocycles. The van der Waals surface area contributed by atoms with Gasteiger partial charge in [-0.05, 0) is 60.1 Å². The fourth-order valence-corrected chi connectivity index (χ4v) is 3.99. The molecule has 0 radical (unpaired) electrons. The Morgan fingerprint density at radius 1 is 1.20 bits per heavy atom. The van der Waals surface area contributed by atoms with Crippen LogP contribution in [-0.2, 0) is 6.54 Å². The number of non-ortho nitro benzene ring substituents is 1. The average Bonchev–Trinajstić information content (AvgIpc) is 3.36. The maximum Gasteiger partial charge on any atom is 0.291 e. The van der Waals surface area contributed by atoms with Gasteiger partial charge in [0.1, 0.15) is 17.3 Å². The Morgan fingerprint density at radius 2 is 1.97 bits per heavy atom. The summed E-state index contributed by atoms with van der Waals surface area (Å²) in [5.74, 6) is 0.333. The van der Waals surface area contributed by atoms with Crippen molar-refractivity contribution in [1.82, 2.24) is 9.78 Å². The van der Waals surface area contributed by atoms with Gasteiger partial charge < -0.3 is 14.5 Å². The van der Waals surface area contributed by atoms with Gasteiger partial charge in [0.15, 0.2) is 5.76 Å². The van der Waals surface area contributed by atoms with Gasteiger partial charge in [-0.25, -0.2) is 0 Å². The van der Waals surface area contributed by atoms with Gasteiger partial charge in [-0.2, -0.15) is 5.10 Å². The zero-order chi connectivity index (χ0) is 25.3. The van der Waals surface area contributed by atoms with E-state index in [1.807, 2.05) is 13.8 Å². The van der Waals surface area contributed by atoms with Crippen molar-refractivity contribution in [2.45, 2.75) is 20.4 Å². The first-order valence-electron chi connectivity index (χ1n) is 10.1. The second-order valence-electron chi connectivity index (χ2n) is 7.51. The van der Waals surface area contributed by atoms with E-state index in [0.717, 1.165) is 15.9 Å². The SMILES string of the molecule is Cc1nn(Cc2ccc(C(=O)Nc3cc(Oc4ccc(Cl)cc4Cl)cc([N+](=O)[O-])c3)o2)c(C)c1Br. The highest BCUT2D eigenvalue weighted by molar-refractivity contribution is 9.10. The number of carbonyl (C=O) groups excluding carboxylic acids is 1. The van der Waals surface area contributed by atoms with Crippen molar-refractivity contribution in [3.05, 3.63) is 96.1 Å². The summed E-state index contributed by atoms with van der Waals surface area (Å²) in [4.78, 5) is 23.6. The number of halogens is 3. The molecular formula is C23H17BrCl2N4O5. The van der Waals surface area contributed by atoms with Crippen LogP contribution in [0.15, 0.2) is 57.4 Å². The van der Waals surface area contributed by atoms with Crippen LogP contribution in [0.3, 0.4) is 0 Å². The van der Waals surface area contributed by atoms with Crippen molar-refractivity contribution in [2.24, 2.45) is 0 Å². The summed E-state index contributed by atoms with van der Waals surface area (Å²) in [6.07, 6.45) is 0. The van der Waals surface area contributed by atoms with Crippen LogP contribution in [0.25, 0.3) is 0 Å². The van der Waals surface area contributed by atoms with E-state index in [0.29, 0.717) is 17.3 Å². The maximum atomic E-state index is 12.8. The van der Waals surface area contributed by atoms with Gasteiger partial charge in [0, 0.05) is 17.2 Å². The summed E-state index contributed by atoms with van der Waals surface area (Å²) in [6, 6.07) is 11.7. The number of benzene rings is 2. The topological polar surface area (TPSA) is 112 Å². The lowest BCUT2D eigenvalue weighted by Crippen LogP contribution is -2.11. The fourth-order valence-electron chi connectivity index (χ4n) is 3.26. The van der Waals surface area contributed by atoms with Crippen molar-refractivity contribution in [2.75, 3.05) is 5.32 Å². The highest BCUT2D eigenvalue weighted by atomic mass is 79.9. The molecule has 4 rings (SSSR count). The van der Waals surface area contributed by atoms with Crippen LogP contribution >= 0.6 is 39.1 Å². The summed E-state index contributed by atoms with van der Waals surface area (Å²) in [6.45, 7) is 4.13. The molecule has 2 aromatic carbocycles. The summed E-state index contributed by atoms with van der Waals surface area (Å²) in [5.41, 5.74) is 1.63. The predicted octanol–water partition coefficient (Wildman–Crippen LogP) is 7.16. The smallest absolute Gasteiger partial charge is 0.291 e. The summed E-state index contributed by atoms with van der Waals surface area (Å²) in [5, 5.41) is 19.1. The lowest BCUT2D eigenvalue weighted by atomic mass is 10.2. The molecular weight excluding hydrogens is 563 g/mol. The molecule has 0 atom stereocenters. The van der Waals surface area contributed by atoms with Gasteiger partial charge in [0.2, 0.25) is 0 Å². The zero-order valence-corrected chi connectivity index (χ0v) is 21.4. The third-order valence-electron chi connectivity index (χ3n) is 4.97. The van der Waals surface area contributed by atoms with Crippen LogP contribution in [0.1, 0.15) is 27.7 Å². The molecule has 0 aliphatic carbocycles. The Hall–Kier alpha value is -3.34. The van der Waals surface area contributed by atoms with Crippen LogP contribution in [0.2, 0.25) is 10.0 Å². The van der Waals surface area contributed by atoms with Crippen LogP contribution in [0, 0.1) is 24.0 Å². The Bertz CT molecular complexity index is 1450. The third-order valence-corrected chi connectivity index (χ3v) is 6.64. The van der Waals surface area contributed by atoms with Crippen LogP contribution < -0.4 is 10.1 Å². The second kappa shape index (κ2) is 10.1. The van der Waals surface area contributed by atoms with Gasteiger partial charge in [-0.15, -0.1) is 0 Å². The molecule has 12 heteroatoms. The standard InChI is InChI=1S/C23H17BrCl2N4O5/c1-12-22(24)13(2)29(28-12)11-17-4-6-21(34-17)23(31)27-15-8-16(30(32)33)10-18(9-15)35-20-5-3-14(25)7-19(20)26/h3-10H,11H2,1-2H3,(H,27,31). The summed E-state index contributed by atoms with van der Waals surface area (Å²) in [7, 11) is 0. The highest BCUT2D eigenvalue weighted by Gasteiger charge is 2.18. The molecule has 0 aliphatic heterocycles. The van der Waals surface area contributed by atoms with E-state index in [4.69, 9.17) is 32.4 Å². The number of nitrogens with zero attached hydrogens (tertiary/aromatic N) is 3. The Labute approximate surface area is 217 Å². The number of amides is 1. The first-order chi connectivity index (χ1) is 16.6. The minimum atomic E-state index is -0.594. The Balaban J connectivity index is 1.53. The number of hydrogen-bond acceptors (Lipinski definition) is 6. The van der Waals surface area contributed by atoms with Crippen molar-refractivity contribution < 1.29 is 18.9 Å². The molecule has 9 nitrogen and oxygen atoms in total. The largest absolute Gasteiger partial charge is 0.455 e. The lowest BCUT2D eigenvalue weighted by Gasteiger charge is -2.10. The molecule has 2 aromatic heterocycles. The Morgan fingerprint density at radius 3 is 2.63 bits per heavy atom. The lowest BCUT2D eigenvalue weighted by molar-refractivity contribution is -0.384. The molecule has 0 fully saturated rings. The molecule has 0 saturated carbocycles. The highest BCUT2D eigenvalue weighted by Crippen LogP contribution is 2.34. The minimum absolute atomic E-state index is 0.0373. The molecule has 0 spiro atoms. The van der Waals surface area contributed by atoms with Crippen molar-refractivity contribution in [3.8, 4) is 11.5 Å². The maximum absolute atomic E-state index is 12.8. The molecule has 1 N–H and O–H groups in total. The number of hydrogen-bond donors (Lipinski definition) is 1. The van der Waals surface area contributed by atoms with Crippen LogP contribution in [0.5, 0.6) is 11.5 Å². The van der Waals surface area contributed by atoms with Crippen molar-refractivity contribution in [3.63, 3.8) is 0 Å². The number of furan rings is 1. The van der Waals surface area contributed by atoms with E-state index in [2.05, 4.69) is 26.3 Å². The predicted molar refractivity (Wildman–Crippen MR) is 135 cm³/mol. The van der Waals surface area contributed by atoms with E-state index >= 15 is 0 Å². The molecule has 0 saturated heterocycles. The fraction of sp³-hybridized carbons (Fsp3) is 0.130. The quantitative estimate of drug-likeness (QED) is 0.183. The molecule has 1 amide bonds. The summed E-state index contributed by atoms with van der Waals surface area (Å²) >= 11 is 15.5. The number of nitro benzene ring substituents is 1. The molecule has 0 unspecified atom stereocenters. The minimum Gasteiger partial charge on any atom is -0.455 e. The van der Waals surface area contributed by atoms with Gasteiger partial charge in [-0.3, -0.25) is 19.6 Å². The first kappa shape index (κ1) is 24.8.